The van der Waals surface area contributed by atoms with E-state index in [2.05, 4.69) is 30.1 Å². The predicted octanol–water partition coefficient (Wildman–Crippen LogP) is 3.43. The normalized spacial score (nSPS) is 45.3. The van der Waals surface area contributed by atoms with E-state index in [1.807, 2.05) is 20.8 Å². The Balaban J connectivity index is 1.57. The van der Waals surface area contributed by atoms with Crippen LogP contribution in [0.5, 0.6) is 0 Å². The minimum Gasteiger partial charge on any atom is -0.460 e. The lowest BCUT2D eigenvalue weighted by Crippen LogP contribution is -2.57. The van der Waals surface area contributed by atoms with Crippen LogP contribution in [0.25, 0.3) is 0 Å². The van der Waals surface area contributed by atoms with Crippen molar-refractivity contribution in [3.8, 4) is 0 Å². The van der Waals surface area contributed by atoms with Crippen molar-refractivity contribution in [1.82, 2.24) is 4.98 Å². The lowest BCUT2D eigenvalue weighted by Gasteiger charge is -2.48. The number of aliphatic hydroxyl groups is 1. The fraction of sp³-hybridized carbons (Fsp3) is 0.643. The number of aromatic nitrogens is 1. The van der Waals surface area contributed by atoms with E-state index in [-0.39, 0.29) is 41.7 Å². The molecule has 2 fully saturated rings. The molecule has 3 heterocycles. The molecule has 2 aliphatic carbocycles. The van der Waals surface area contributed by atoms with E-state index in [0.717, 1.165) is 5.57 Å². The minimum atomic E-state index is -0.841. The molecule has 1 saturated heterocycles. The van der Waals surface area contributed by atoms with E-state index in [1.54, 1.807) is 18.3 Å². The van der Waals surface area contributed by atoms with Gasteiger partial charge in [0, 0.05) is 42.9 Å². The fourth-order valence-corrected chi connectivity index (χ4v) is 7.09. The predicted molar refractivity (Wildman–Crippen MR) is 131 cm³/mol. The van der Waals surface area contributed by atoms with Crippen molar-refractivity contribution < 1.29 is 33.6 Å². The Bertz CT molecular complexity index is 1050. The molecular weight excluding hydrogens is 462 g/mol. The maximum absolute atomic E-state index is 13.0. The highest BCUT2D eigenvalue weighted by Crippen LogP contribution is 2.61. The van der Waals surface area contributed by atoms with Crippen LogP contribution in [0.1, 0.15) is 51.0 Å². The molecule has 36 heavy (non-hydrogen) atoms. The summed E-state index contributed by atoms with van der Waals surface area (Å²) < 4.78 is 24.4. The van der Waals surface area contributed by atoms with Gasteiger partial charge in [-0.15, -0.1) is 0 Å². The summed E-state index contributed by atoms with van der Waals surface area (Å²) in [5.74, 6) is -1.78. The van der Waals surface area contributed by atoms with Crippen LogP contribution in [0.2, 0.25) is 0 Å². The fourth-order valence-electron chi connectivity index (χ4n) is 7.09. The summed E-state index contributed by atoms with van der Waals surface area (Å²) in [7, 11) is 1.52. The van der Waals surface area contributed by atoms with Gasteiger partial charge in [-0.1, -0.05) is 39.0 Å². The Morgan fingerprint density at radius 2 is 2.08 bits per heavy atom. The van der Waals surface area contributed by atoms with Gasteiger partial charge < -0.3 is 29.0 Å². The molecule has 0 radical (unpaired) electrons. The van der Waals surface area contributed by atoms with Crippen molar-refractivity contribution in [2.75, 3.05) is 7.11 Å². The van der Waals surface area contributed by atoms with Gasteiger partial charge in [0.25, 0.3) is 0 Å². The van der Waals surface area contributed by atoms with Gasteiger partial charge in [-0.3, -0.25) is 0 Å². The lowest BCUT2D eigenvalue weighted by molar-refractivity contribution is -0.166. The number of rotatable bonds is 4. The van der Waals surface area contributed by atoms with Crippen molar-refractivity contribution >= 4 is 11.9 Å². The molecule has 1 saturated carbocycles. The molecule has 0 aromatic carbocycles. The average Bonchev–Trinajstić information content (AvgIpc) is 3.46. The molecule has 8 nitrogen and oxygen atoms in total. The zero-order valence-corrected chi connectivity index (χ0v) is 21.5. The van der Waals surface area contributed by atoms with Crippen molar-refractivity contribution in [2.45, 2.75) is 76.7 Å². The van der Waals surface area contributed by atoms with E-state index in [0.29, 0.717) is 18.5 Å². The van der Waals surface area contributed by atoms with Gasteiger partial charge in [-0.05, 0) is 37.5 Å². The second kappa shape index (κ2) is 9.47. The van der Waals surface area contributed by atoms with Crippen LogP contribution in [-0.4, -0.2) is 65.3 Å². The van der Waals surface area contributed by atoms with Crippen molar-refractivity contribution in [3.05, 3.63) is 47.8 Å². The van der Waals surface area contributed by atoms with E-state index in [9.17, 15) is 14.7 Å². The molecule has 4 bridgehead atoms. The third-order valence-electron chi connectivity index (χ3n) is 8.95. The highest BCUT2D eigenvalue weighted by atomic mass is 16.6. The summed E-state index contributed by atoms with van der Waals surface area (Å²) >= 11 is 0. The van der Waals surface area contributed by atoms with Crippen LogP contribution < -0.4 is 0 Å². The molecule has 1 aromatic heterocycles. The number of aromatic amines is 1. The zero-order valence-electron chi connectivity index (χ0n) is 21.5. The first kappa shape index (κ1) is 25.2. The Kier molecular flexibility index (Phi) is 6.64. The van der Waals surface area contributed by atoms with Gasteiger partial charge in [0.2, 0.25) is 0 Å². The number of carbonyl (C=O) groups excluding carboxylic acids is 2. The van der Waals surface area contributed by atoms with Crippen molar-refractivity contribution in [2.24, 2.45) is 29.6 Å². The molecule has 0 amide bonds. The number of aliphatic hydroxyl groups excluding tert-OH is 1. The van der Waals surface area contributed by atoms with E-state index in [1.165, 1.54) is 7.11 Å². The summed E-state index contributed by atoms with van der Waals surface area (Å²) in [5, 5.41) is 11.7. The average molecular weight is 500 g/mol. The molecule has 4 aliphatic rings. The Morgan fingerprint density at radius 3 is 2.75 bits per heavy atom. The van der Waals surface area contributed by atoms with Gasteiger partial charge in [-0.2, -0.15) is 0 Å². The molecule has 11 atom stereocenters. The first-order chi connectivity index (χ1) is 17.2. The molecule has 0 unspecified atom stereocenters. The quantitative estimate of drug-likeness (QED) is 0.483. The third kappa shape index (κ3) is 3.76. The number of H-pyrrole nitrogens is 1. The minimum absolute atomic E-state index is 0.0472. The Morgan fingerprint density at radius 1 is 1.31 bits per heavy atom. The molecule has 1 spiro atoms. The molecule has 8 heteroatoms. The summed E-state index contributed by atoms with van der Waals surface area (Å²) in [6.07, 6.45) is 6.19. The number of ether oxygens (including phenoxy) is 4. The van der Waals surface area contributed by atoms with Crippen LogP contribution in [-0.2, 0) is 23.7 Å². The maximum Gasteiger partial charge on any atom is 0.355 e. The number of hydrogen-bond acceptors (Lipinski definition) is 7. The SMILES string of the molecule is CC[C@H]1OC(=O)[C@@H](OC)C[C@H]2C=C[C@H]3[C@@H]4O[C@]2(/C(C)=C\[C@H]1C)[C@@H]3[C@H](O)[C@@H](C)[C@H]4OC(=O)c1ccc[nH]1. The van der Waals surface area contributed by atoms with Crippen LogP contribution >= 0.6 is 0 Å². The monoisotopic (exact) mass is 499 g/mol. The molecule has 196 valence electrons. The second-order valence-corrected chi connectivity index (χ2v) is 10.8. The number of hydrogen-bond donors (Lipinski definition) is 2. The second-order valence-electron chi connectivity index (χ2n) is 10.8. The van der Waals surface area contributed by atoms with E-state index >= 15 is 0 Å². The number of carbonyl (C=O) groups is 2. The molecule has 2 N–H and O–H groups in total. The number of nitrogens with one attached hydrogen (secondary N) is 1. The lowest BCUT2D eigenvalue weighted by atomic mass is 9.57. The van der Waals surface area contributed by atoms with Crippen molar-refractivity contribution in [1.29, 1.82) is 0 Å². The third-order valence-corrected chi connectivity index (χ3v) is 8.95. The highest BCUT2D eigenvalue weighted by Gasteiger charge is 2.69. The number of esters is 2. The van der Waals surface area contributed by atoms with Gasteiger partial charge in [0.15, 0.2) is 6.10 Å². The Labute approximate surface area is 212 Å². The summed E-state index contributed by atoms with van der Waals surface area (Å²) in [5.41, 5.74) is 0.532. The molecule has 1 aromatic rings. The zero-order chi connectivity index (χ0) is 25.8. The summed E-state index contributed by atoms with van der Waals surface area (Å²) in [4.78, 5) is 28.8. The van der Waals surface area contributed by atoms with Gasteiger partial charge >= 0.3 is 11.9 Å². The van der Waals surface area contributed by atoms with Crippen LogP contribution in [0.3, 0.4) is 0 Å². The number of methoxy groups -OCH3 is 1. The van der Waals surface area contributed by atoms with Gasteiger partial charge in [0.05, 0.1) is 6.10 Å². The number of cyclic esters (lactones) is 1. The first-order valence-corrected chi connectivity index (χ1v) is 13.0. The van der Waals surface area contributed by atoms with Crippen molar-refractivity contribution in [3.63, 3.8) is 0 Å². The summed E-state index contributed by atoms with van der Waals surface area (Å²) in [6, 6.07) is 3.41. The van der Waals surface area contributed by atoms with Gasteiger partial charge in [-0.25, -0.2) is 9.59 Å². The molecule has 5 rings (SSSR count). The molecular formula is C28H37NO7. The van der Waals surface area contributed by atoms with Crippen LogP contribution in [0.4, 0.5) is 0 Å². The maximum atomic E-state index is 13.0. The standard InChI is InChI=1S/C28H37NO7/c1-6-20-14(2)12-15(3)28-17(13-21(33-5)27(32)34-20)9-10-18-22(28)23(30)16(4)24(25(18)36-28)35-26(31)19-8-7-11-29-19/h7-12,14,16-18,20-25,29-30H,6,13H2,1-5H3/b15-12-/t14-,16-,17-,18-,20-,21+,22+,23-,24-,25+,28+/m1/s1. The van der Waals surface area contributed by atoms with E-state index < -0.39 is 36.0 Å². The van der Waals surface area contributed by atoms with Crippen LogP contribution in [0, 0.1) is 29.6 Å². The molecule has 2 aliphatic heterocycles. The topological polar surface area (TPSA) is 107 Å². The summed E-state index contributed by atoms with van der Waals surface area (Å²) in [6.45, 7) is 8.01. The van der Waals surface area contributed by atoms with Gasteiger partial charge in [0.1, 0.15) is 29.6 Å². The highest BCUT2D eigenvalue weighted by molar-refractivity contribution is 5.87. The first-order valence-electron chi connectivity index (χ1n) is 13.0. The van der Waals surface area contributed by atoms with Crippen LogP contribution in [0.15, 0.2) is 42.1 Å². The van der Waals surface area contributed by atoms with E-state index in [4.69, 9.17) is 18.9 Å². The largest absolute Gasteiger partial charge is 0.460 e. The smallest absolute Gasteiger partial charge is 0.355 e. The Hall–Kier alpha value is -2.42.